The van der Waals surface area contributed by atoms with Crippen molar-refractivity contribution in [3.8, 4) is 0 Å². The summed E-state index contributed by atoms with van der Waals surface area (Å²) < 4.78 is 34.9. The predicted molar refractivity (Wildman–Crippen MR) is 65.3 cm³/mol. The van der Waals surface area contributed by atoms with Gasteiger partial charge in [0.1, 0.15) is 21.5 Å². The van der Waals surface area contributed by atoms with Crippen molar-refractivity contribution in [3.63, 3.8) is 0 Å². The summed E-state index contributed by atoms with van der Waals surface area (Å²) >= 11 is 0. The number of nitrogen functional groups attached to an aromatic ring is 1. The number of halogens is 1. The monoisotopic (exact) mass is 275 g/mol. The Balaban J connectivity index is 2.83. The largest absolute Gasteiger partial charge is 0.383 e. The number of carbonyl (C=O) groups excluding carboxylic acids is 1. The molecule has 8 heteroatoms. The molecular formula is C10H14FN3O3S. The van der Waals surface area contributed by atoms with Crippen LogP contribution in [-0.4, -0.2) is 49.8 Å². The Morgan fingerprint density at radius 3 is 2.72 bits per heavy atom. The third-order valence-corrected chi connectivity index (χ3v) is 3.18. The fourth-order valence-electron chi connectivity index (χ4n) is 1.23. The highest BCUT2D eigenvalue weighted by Crippen LogP contribution is 2.12. The minimum Gasteiger partial charge on any atom is -0.383 e. The van der Waals surface area contributed by atoms with Crippen molar-refractivity contribution in [1.82, 2.24) is 9.88 Å². The molecule has 6 nitrogen and oxygen atoms in total. The highest BCUT2D eigenvalue weighted by molar-refractivity contribution is 7.90. The Labute approximate surface area is 105 Å². The molecule has 0 bridgehead atoms. The molecule has 0 aromatic carbocycles. The van der Waals surface area contributed by atoms with E-state index in [0.717, 1.165) is 23.4 Å². The molecular weight excluding hydrogens is 261 g/mol. The summed E-state index contributed by atoms with van der Waals surface area (Å²) in [5.41, 5.74) is 5.39. The number of amides is 1. The zero-order valence-electron chi connectivity index (χ0n) is 10.1. The molecule has 0 saturated heterocycles. The molecule has 1 heterocycles. The number of hydrogen-bond acceptors (Lipinski definition) is 5. The van der Waals surface area contributed by atoms with Crippen LogP contribution in [0, 0.1) is 5.82 Å². The first-order chi connectivity index (χ1) is 8.20. The maximum Gasteiger partial charge on any atom is 0.257 e. The van der Waals surface area contributed by atoms with Gasteiger partial charge < -0.3 is 10.6 Å². The van der Waals surface area contributed by atoms with Crippen molar-refractivity contribution in [1.29, 1.82) is 0 Å². The van der Waals surface area contributed by atoms with Crippen LogP contribution in [0.3, 0.4) is 0 Å². The topological polar surface area (TPSA) is 93.4 Å². The van der Waals surface area contributed by atoms with E-state index in [4.69, 9.17) is 5.73 Å². The summed E-state index contributed by atoms with van der Waals surface area (Å²) in [5.74, 6) is -1.50. The summed E-state index contributed by atoms with van der Waals surface area (Å²) in [6, 6.07) is 0.974. The van der Waals surface area contributed by atoms with Crippen LogP contribution in [0.15, 0.2) is 12.3 Å². The summed E-state index contributed by atoms with van der Waals surface area (Å²) in [4.78, 5) is 16.6. The van der Waals surface area contributed by atoms with Crippen LogP contribution in [0.1, 0.15) is 10.4 Å². The van der Waals surface area contributed by atoms with Gasteiger partial charge >= 0.3 is 0 Å². The van der Waals surface area contributed by atoms with Crippen LogP contribution < -0.4 is 5.73 Å². The van der Waals surface area contributed by atoms with E-state index in [1.807, 2.05) is 0 Å². The third-order valence-electron chi connectivity index (χ3n) is 2.26. The minimum atomic E-state index is -3.17. The molecule has 0 radical (unpaired) electrons. The first-order valence-corrected chi connectivity index (χ1v) is 7.11. The van der Waals surface area contributed by atoms with E-state index in [9.17, 15) is 17.6 Å². The summed E-state index contributed by atoms with van der Waals surface area (Å²) in [7, 11) is -1.75. The number of hydrogen-bond donors (Lipinski definition) is 1. The molecule has 18 heavy (non-hydrogen) atoms. The smallest absolute Gasteiger partial charge is 0.257 e. The maximum atomic E-state index is 13.0. The molecule has 0 aliphatic rings. The van der Waals surface area contributed by atoms with Crippen molar-refractivity contribution in [3.05, 3.63) is 23.6 Å². The molecule has 1 aromatic rings. The number of carbonyl (C=O) groups is 1. The second kappa shape index (κ2) is 5.30. The number of aromatic nitrogens is 1. The van der Waals surface area contributed by atoms with Gasteiger partial charge in [-0.15, -0.1) is 0 Å². The normalized spacial score (nSPS) is 11.3. The fourth-order valence-corrected chi connectivity index (χ4v) is 1.84. The number of rotatable bonds is 4. The molecule has 1 aromatic heterocycles. The van der Waals surface area contributed by atoms with Gasteiger partial charge in [0, 0.05) is 19.8 Å². The van der Waals surface area contributed by atoms with E-state index in [-0.39, 0.29) is 23.7 Å². The standard InChI is InChI=1S/C10H14FN3O3S/c1-14(3-4-18(2,16)17)10(15)8-5-7(11)6-13-9(8)12/h5-6H,3-4H2,1-2H3,(H2,12,13). The predicted octanol–water partition coefficient (Wildman–Crippen LogP) is -0.0805. The van der Waals surface area contributed by atoms with Crippen molar-refractivity contribution in [2.24, 2.45) is 0 Å². The first-order valence-electron chi connectivity index (χ1n) is 5.05. The second-order valence-corrected chi connectivity index (χ2v) is 6.20. The lowest BCUT2D eigenvalue weighted by atomic mass is 10.2. The van der Waals surface area contributed by atoms with Crippen LogP contribution in [0.4, 0.5) is 10.2 Å². The lowest BCUT2D eigenvalue weighted by molar-refractivity contribution is 0.0803. The van der Waals surface area contributed by atoms with E-state index in [2.05, 4.69) is 4.98 Å². The number of anilines is 1. The van der Waals surface area contributed by atoms with Gasteiger partial charge in [-0.1, -0.05) is 0 Å². The number of sulfone groups is 1. The van der Waals surface area contributed by atoms with Crippen LogP contribution in [-0.2, 0) is 9.84 Å². The van der Waals surface area contributed by atoms with Gasteiger partial charge in [-0.2, -0.15) is 0 Å². The van der Waals surface area contributed by atoms with Crippen LogP contribution >= 0.6 is 0 Å². The lowest BCUT2D eigenvalue weighted by Crippen LogP contribution is -2.32. The first kappa shape index (κ1) is 14.4. The van der Waals surface area contributed by atoms with Gasteiger partial charge in [0.05, 0.1) is 17.5 Å². The molecule has 2 N–H and O–H groups in total. The van der Waals surface area contributed by atoms with Gasteiger partial charge in [0.15, 0.2) is 0 Å². The van der Waals surface area contributed by atoms with Crippen LogP contribution in [0.25, 0.3) is 0 Å². The molecule has 0 saturated carbocycles. The van der Waals surface area contributed by atoms with Crippen molar-refractivity contribution in [2.45, 2.75) is 0 Å². The van der Waals surface area contributed by atoms with E-state index in [0.29, 0.717) is 0 Å². The molecule has 0 unspecified atom stereocenters. The second-order valence-electron chi connectivity index (χ2n) is 3.94. The molecule has 100 valence electrons. The molecule has 0 fully saturated rings. The molecule has 0 aliphatic carbocycles. The number of nitrogens with zero attached hydrogens (tertiary/aromatic N) is 2. The Kier molecular flexibility index (Phi) is 4.23. The Bertz CT molecular complexity index is 559. The van der Waals surface area contributed by atoms with E-state index >= 15 is 0 Å². The van der Waals surface area contributed by atoms with Crippen molar-refractivity contribution >= 4 is 21.6 Å². The van der Waals surface area contributed by atoms with Gasteiger partial charge in [0.2, 0.25) is 0 Å². The van der Waals surface area contributed by atoms with E-state index < -0.39 is 21.6 Å². The zero-order valence-corrected chi connectivity index (χ0v) is 10.9. The fraction of sp³-hybridized carbons (Fsp3) is 0.400. The summed E-state index contributed by atoms with van der Waals surface area (Å²) in [6.45, 7) is 0.00756. The van der Waals surface area contributed by atoms with E-state index in [1.165, 1.54) is 7.05 Å². The zero-order chi connectivity index (χ0) is 13.9. The Morgan fingerprint density at radius 1 is 1.56 bits per heavy atom. The van der Waals surface area contributed by atoms with Gasteiger partial charge in [-0.05, 0) is 6.07 Å². The summed E-state index contributed by atoms with van der Waals surface area (Å²) in [5, 5.41) is 0. The molecule has 0 spiro atoms. The maximum absolute atomic E-state index is 13.0. The van der Waals surface area contributed by atoms with Crippen molar-refractivity contribution < 1.29 is 17.6 Å². The Hall–Kier alpha value is -1.70. The van der Waals surface area contributed by atoms with Crippen LogP contribution in [0.5, 0.6) is 0 Å². The van der Waals surface area contributed by atoms with Gasteiger partial charge in [0.25, 0.3) is 5.91 Å². The molecule has 0 aliphatic heterocycles. The molecule has 1 amide bonds. The molecule has 0 atom stereocenters. The van der Waals surface area contributed by atoms with E-state index in [1.54, 1.807) is 0 Å². The number of nitrogens with two attached hydrogens (primary N) is 1. The van der Waals surface area contributed by atoms with Crippen LogP contribution in [0.2, 0.25) is 0 Å². The average Bonchev–Trinajstić information content (AvgIpc) is 2.27. The molecule has 1 rings (SSSR count). The highest BCUT2D eigenvalue weighted by atomic mass is 32.2. The average molecular weight is 275 g/mol. The minimum absolute atomic E-state index is 0.00756. The number of pyridine rings is 1. The Morgan fingerprint density at radius 2 is 2.17 bits per heavy atom. The van der Waals surface area contributed by atoms with Gasteiger partial charge in [-0.25, -0.2) is 17.8 Å². The van der Waals surface area contributed by atoms with Gasteiger partial charge in [-0.3, -0.25) is 4.79 Å². The third kappa shape index (κ3) is 3.95. The van der Waals surface area contributed by atoms with Crippen molar-refractivity contribution in [2.75, 3.05) is 31.3 Å². The summed E-state index contributed by atoms with van der Waals surface area (Å²) in [6.07, 6.45) is 1.98. The SMILES string of the molecule is CN(CCS(C)(=O)=O)C(=O)c1cc(F)cnc1N. The lowest BCUT2D eigenvalue weighted by Gasteiger charge is -2.17. The quantitative estimate of drug-likeness (QED) is 0.829. The highest BCUT2D eigenvalue weighted by Gasteiger charge is 2.17.